The first-order chi connectivity index (χ1) is 16.3. The first-order valence-electron chi connectivity index (χ1n) is 10.5. The summed E-state index contributed by atoms with van der Waals surface area (Å²) in [6.07, 6.45) is 0. The summed E-state index contributed by atoms with van der Waals surface area (Å²) in [5.41, 5.74) is 0.376. The Bertz CT molecular complexity index is 1100. The highest BCUT2D eigenvalue weighted by Crippen LogP contribution is 2.24. The van der Waals surface area contributed by atoms with E-state index in [2.05, 4.69) is 10.6 Å². The lowest BCUT2D eigenvalue weighted by Gasteiger charge is -2.39. The lowest BCUT2D eigenvalue weighted by atomic mass is 10.2. The van der Waals surface area contributed by atoms with E-state index in [1.807, 2.05) is 0 Å². The van der Waals surface area contributed by atoms with E-state index in [0.29, 0.717) is 11.4 Å². The average molecular weight is 495 g/mol. The minimum Gasteiger partial charge on any atom is -0.497 e. The maximum absolute atomic E-state index is 13.4. The Morgan fingerprint density at radius 2 is 1.74 bits per heavy atom. The fraction of sp³-hybridized carbons (Fsp3) is 0.364. The Kier molecular flexibility index (Phi) is 8.42. The van der Waals surface area contributed by atoms with Crippen molar-refractivity contribution < 1.29 is 31.9 Å². The second-order valence-electron chi connectivity index (χ2n) is 7.47. The molecule has 0 aromatic heterocycles. The third-order valence-corrected chi connectivity index (χ3v) is 7.21. The number of rotatable bonds is 8. The summed E-state index contributed by atoms with van der Waals surface area (Å²) in [5.74, 6) is -0.494. The highest BCUT2D eigenvalue weighted by Gasteiger charge is 2.41. The summed E-state index contributed by atoms with van der Waals surface area (Å²) < 4.78 is 51.0. The predicted octanol–water partition coefficient (Wildman–Crippen LogP) is 1.50. The zero-order valence-corrected chi connectivity index (χ0v) is 19.7. The second-order valence-corrected chi connectivity index (χ2v) is 9.36. The van der Waals surface area contributed by atoms with Gasteiger partial charge in [-0.05, 0) is 48.5 Å². The number of ether oxygens (including phenoxy) is 2. The van der Waals surface area contributed by atoms with Crippen molar-refractivity contribution in [3.8, 4) is 5.75 Å². The average Bonchev–Trinajstić information content (AvgIpc) is 2.85. The number of carbonyl (C=O) groups excluding carboxylic acids is 2. The molecular formula is C22H27FN4O6S. The SMILES string of the molecule is COCCNC(=O)C1CN(C(=O)Nc2ccc(F)cc2)CCN1S(=O)(=O)c1ccc(OC)cc1. The van der Waals surface area contributed by atoms with Crippen molar-refractivity contribution in [2.45, 2.75) is 10.9 Å². The molecule has 0 radical (unpaired) electrons. The molecule has 3 rings (SSSR count). The standard InChI is InChI=1S/C22H27FN4O6S/c1-32-14-11-24-21(28)20-15-26(22(29)25-17-5-3-16(23)4-6-17)12-13-27(20)34(30,31)19-9-7-18(33-2)8-10-19/h3-10,20H,11-15H2,1-2H3,(H,24,28)(H,25,29). The van der Waals surface area contributed by atoms with E-state index in [-0.39, 0.29) is 37.7 Å². The Balaban J connectivity index is 1.81. The molecule has 0 saturated carbocycles. The third kappa shape index (κ3) is 6.01. The molecule has 2 aromatic carbocycles. The van der Waals surface area contributed by atoms with Gasteiger partial charge in [-0.2, -0.15) is 4.31 Å². The number of piperazine rings is 1. The summed E-state index contributed by atoms with van der Waals surface area (Å²) >= 11 is 0. The third-order valence-electron chi connectivity index (χ3n) is 5.29. The van der Waals surface area contributed by atoms with Crippen LogP contribution in [0.4, 0.5) is 14.9 Å². The van der Waals surface area contributed by atoms with Crippen LogP contribution in [0.15, 0.2) is 53.4 Å². The van der Waals surface area contributed by atoms with Crippen LogP contribution in [0.2, 0.25) is 0 Å². The van der Waals surface area contributed by atoms with Gasteiger partial charge in [-0.3, -0.25) is 4.79 Å². The summed E-state index contributed by atoms with van der Waals surface area (Å²) in [6, 6.07) is 9.41. The van der Waals surface area contributed by atoms with Gasteiger partial charge >= 0.3 is 6.03 Å². The number of benzene rings is 2. The van der Waals surface area contributed by atoms with Crippen molar-refractivity contribution in [3.63, 3.8) is 0 Å². The Hall–Kier alpha value is -3.22. The minimum atomic E-state index is -4.04. The quantitative estimate of drug-likeness (QED) is 0.538. The molecule has 1 aliphatic heterocycles. The van der Waals surface area contributed by atoms with Gasteiger partial charge in [0.1, 0.15) is 17.6 Å². The molecule has 1 saturated heterocycles. The van der Waals surface area contributed by atoms with Gasteiger partial charge in [0.05, 0.1) is 18.6 Å². The van der Waals surface area contributed by atoms with Crippen LogP contribution in [0.3, 0.4) is 0 Å². The first-order valence-corrected chi connectivity index (χ1v) is 11.9. The van der Waals surface area contributed by atoms with E-state index in [1.165, 1.54) is 67.7 Å². The largest absolute Gasteiger partial charge is 0.497 e. The van der Waals surface area contributed by atoms with Crippen LogP contribution in [-0.4, -0.2) is 82.6 Å². The summed E-state index contributed by atoms with van der Waals surface area (Å²) in [6.45, 7) is 0.238. The number of nitrogens with zero attached hydrogens (tertiary/aromatic N) is 2. The van der Waals surface area contributed by atoms with E-state index in [9.17, 15) is 22.4 Å². The topological polar surface area (TPSA) is 117 Å². The number of hydrogen-bond donors (Lipinski definition) is 2. The fourth-order valence-electron chi connectivity index (χ4n) is 3.47. The molecule has 10 nitrogen and oxygen atoms in total. The van der Waals surface area contributed by atoms with Crippen molar-refractivity contribution in [1.82, 2.24) is 14.5 Å². The van der Waals surface area contributed by atoms with Crippen molar-refractivity contribution in [2.75, 3.05) is 52.3 Å². The Morgan fingerprint density at radius 3 is 2.35 bits per heavy atom. The van der Waals surface area contributed by atoms with Gasteiger partial charge < -0.3 is 25.0 Å². The van der Waals surface area contributed by atoms with Gasteiger partial charge in [-0.25, -0.2) is 17.6 Å². The number of hydrogen-bond acceptors (Lipinski definition) is 6. The number of amides is 3. The summed E-state index contributed by atoms with van der Waals surface area (Å²) in [7, 11) is -1.09. The van der Waals surface area contributed by atoms with E-state index in [4.69, 9.17) is 9.47 Å². The molecule has 0 spiro atoms. The molecule has 34 heavy (non-hydrogen) atoms. The first kappa shape index (κ1) is 25.4. The molecule has 1 fully saturated rings. The molecule has 1 aliphatic rings. The molecule has 1 heterocycles. The molecule has 1 atom stereocenters. The van der Waals surface area contributed by atoms with Crippen molar-refractivity contribution in [3.05, 3.63) is 54.3 Å². The zero-order chi connectivity index (χ0) is 24.7. The summed E-state index contributed by atoms with van der Waals surface area (Å²) in [4.78, 5) is 27.1. The maximum Gasteiger partial charge on any atom is 0.321 e. The predicted molar refractivity (Wildman–Crippen MR) is 123 cm³/mol. The van der Waals surface area contributed by atoms with Crippen LogP contribution in [-0.2, 0) is 19.6 Å². The number of anilines is 1. The van der Waals surface area contributed by atoms with Gasteiger partial charge in [-0.15, -0.1) is 0 Å². The number of carbonyl (C=O) groups is 2. The molecule has 0 aliphatic carbocycles. The van der Waals surface area contributed by atoms with E-state index in [0.717, 1.165) is 4.31 Å². The van der Waals surface area contributed by atoms with Gasteiger partial charge in [0.25, 0.3) is 0 Å². The smallest absolute Gasteiger partial charge is 0.321 e. The normalized spacial score (nSPS) is 16.7. The van der Waals surface area contributed by atoms with E-state index < -0.39 is 33.8 Å². The lowest BCUT2D eigenvalue weighted by molar-refractivity contribution is -0.126. The molecule has 184 valence electrons. The zero-order valence-electron chi connectivity index (χ0n) is 18.9. The minimum absolute atomic E-state index is 0.00667. The molecule has 2 aromatic rings. The van der Waals surface area contributed by atoms with Crippen LogP contribution in [0, 0.1) is 5.82 Å². The van der Waals surface area contributed by atoms with E-state index >= 15 is 0 Å². The highest BCUT2D eigenvalue weighted by molar-refractivity contribution is 7.89. The summed E-state index contributed by atoms with van der Waals surface area (Å²) in [5, 5.41) is 5.29. The van der Waals surface area contributed by atoms with Crippen LogP contribution >= 0.6 is 0 Å². The van der Waals surface area contributed by atoms with E-state index in [1.54, 1.807) is 0 Å². The number of sulfonamides is 1. The van der Waals surface area contributed by atoms with Gasteiger partial charge in [0.15, 0.2) is 0 Å². The van der Waals surface area contributed by atoms with Gasteiger partial charge in [-0.1, -0.05) is 0 Å². The van der Waals surface area contributed by atoms with Crippen LogP contribution in [0.5, 0.6) is 5.75 Å². The molecular weight excluding hydrogens is 467 g/mol. The molecule has 3 amide bonds. The molecule has 0 bridgehead atoms. The molecule has 1 unspecified atom stereocenters. The monoisotopic (exact) mass is 494 g/mol. The van der Waals surface area contributed by atoms with Crippen molar-refractivity contribution in [2.24, 2.45) is 0 Å². The maximum atomic E-state index is 13.4. The molecule has 2 N–H and O–H groups in total. The Labute approximate surface area is 197 Å². The number of nitrogens with one attached hydrogen (secondary N) is 2. The second kappa shape index (κ2) is 11.3. The van der Waals surface area contributed by atoms with Crippen LogP contribution in [0.1, 0.15) is 0 Å². The Morgan fingerprint density at radius 1 is 1.06 bits per heavy atom. The van der Waals surface area contributed by atoms with Crippen molar-refractivity contribution >= 4 is 27.6 Å². The van der Waals surface area contributed by atoms with Gasteiger partial charge in [0.2, 0.25) is 15.9 Å². The number of halogens is 1. The number of urea groups is 1. The number of methoxy groups -OCH3 is 2. The van der Waals surface area contributed by atoms with Crippen LogP contribution < -0.4 is 15.4 Å². The van der Waals surface area contributed by atoms with Crippen molar-refractivity contribution in [1.29, 1.82) is 0 Å². The molecule has 12 heteroatoms. The fourth-order valence-corrected chi connectivity index (χ4v) is 5.04. The highest BCUT2D eigenvalue weighted by atomic mass is 32.2. The lowest BCUT2D eigenvalue weighted by Crippen LogP contribution is -2.62. The van der Waals surface area contributed by atoms with Crippen LogP contribution in [0.25, 0.3) is 0 Å². The van der Waals surface area contributed by atoms with Gasteiger partial charge in [0, 0.05) is 39.0 Å².